The average molecular weight is 261 g/mol. The summed E-state index contributed by atoms with van der Waals surface area (Å²) >= 11 is 1.56. The predicted molar refractivity (Wildman–Crippen MR) is 72.3 cm³/mol. The molecule has 0 aliphatic carbocycles. The third-order valence-corrected chi connectivity index (χ3v) is 3.67. The van der Waals surface area contributed by atoms with Gasteiger partial charge in [0.05, 0.1) is 11.9 Å². The number of thioether (sulfide) groups is 1. The third-order valence-electron chi connectivity index (χ3n) is 2.50. The third kappa shape index (κ3) is 3.63. The van der Waals surface area contributed by atoms with Crippen molar-refractivity contribution in [2.75, 3.05) is 5.75 Å². The highest BCUT2D eigenvalue weighted by Crippen LogP contribution is 2.21. The van der Waals surface area contributed by atoms with Crippen LogP contribution in [0.15, 0.2) is 41.6 Å². The molecule has 2 rings (SSSR count). The molecule has 1 amide bonds. The molecule has 0 unspecified atom stereocenters. The van der Waals surface area contributed by atoms with Crippen LogP contribution < -0.4 is 5.32 Å². The first-order valence-corrected chi connectivity index (χ1v) is 6.67. The fraction of sp³-hybridized carbons (Fsp3) is 0.231. The van der Waals surface area contributed by atoms with Crippen LogP contribution in [0.4, 0.5) is 0 Å². The lowest BCUT2D eigenvalue weighted by molar-refractivity contribution is -0.118. The van der Waals surface area contributed by atoms with Crippen molar-refractivity contribution >= 4 is 17.7 Å². The molecule has 0 aliphatic rings. The maximum absolute atomic E-state index is 11.7. The Morgan fingerprint density at radius 3 is 3.00 bits per heavy atom. The standard InChI is InChI=1S/C13H15N3OS/c1-10-4-2-3-5-12(10)18-9-13(17)14-6-11-7-15-16-8-11/h2-5,7-8H,6,9H2,1H3,(H,14,17)(H,15,16). The molecule has 5 heteroatoms. The summed E-state index contributed by atoms with van der Waals surface area (Å²) in [4.78, 5) is 12.8. The summed E-state index contributed by atoms with van der Waals surface area (Å²) in [5, 5.41) is 9.39. The van der Waals surface area contributed by atoms with Crippen molar-refractivity contribution < 1.29 is 4.79 Å². The van der Waals surface area contributed by atoms with Crippen molar-refractivity contribution in [3.63, 3.8) is 0 Å². The van der Waals surface area contributed by atoms with E-state index in [0.29, 0.717) is 12.3 Å². The molecule has 0 aliphatic heterocycles. The van der Waals surface area contributed by atoms with E-state index in [9.17, 15) is 4.79 Å². The zero-order valence-corrected chi connectivity index (χ0v) is 11.0. The minimum atomic E-state index is 0.0319. The van der Waals surface area contributed by atoms with Gasteiger partial charge in [-0.15, -0.1) is 11.8 Å². The molecule has 1 heterocycles. The molecular weight excluding hydrogens is 246 g/mol. The molecule has 1 aromatic heterocycles. The SMILES string of the molecule is Cc1ccccc1SCC(=O)NCc1cn[nH]c1. The van der Waals surface area contributed by atoms with Crippen molar-refractivity contribution in [3.8, 4) is 0 Å². The quantitative estimate of drug-likeness (QED) is 0.811. The van der Waals surface area contributed by atoms with E-state index in [0.717, 1.165) is 10.5 Å². The maximum atomic E-state index is 11.7. The van der Waals surface area contributed by atoms with Gasteiger partial charge in [0.2, 0.25) is 5.91 Å². The second-order valence-electron chi connectivity index (χ2n) is 3.94. The summed E-state index contributed by atoms with van der Waals surface area (Å²) in [5.74, 6) is 0.465. The molecule has 0 saturated heterocycles. The van der Waals surface area contributed by atoms with Gasteiger partial charge in [0.15, 0.2) is 0 Å². The van der Waals surface area contributed by atoms with Crippen molar-refractivity contribution in [3.05, 3.63) is 47.8 Å². The smallest absolute Gasteiger partial charge is 0.230 e. The zero-order chi connectivity index (χ0) is 12.8. The molecule has 0 radical (unpaired) electrons. The number of aromatic nitrogens is 2. The minimum Gasteiger partial charge on any atom is -0.351 e. The molecule has 1 aromatic carbocycles. The highest BCUT2D eigenvalue weighted by atomic mass is 32.2. The van der Waals surface area contributed by atoms with E-state index in [-0.39, 0.29) is 5.91 Å². The van der Waals surface area contributed by atoms with Crippen LogP contribution in [0.3, 0.4) is 0 Å². The topological polar surface area (TPSA) is 57.8 Å². The number of benzene rings is 1. The van der Waals surface area contributed by atoms with Gasteiger partial charge in [-0.05, 0) is 18.6 Å². The van der Waals surface area contributed by atoms with Gasteiger partial charge in [-0.3, -0.25) is 9.89 Å². The molecule has 2 N–H and O–H groups in total. The first-order chi connectivity index (χ1) is 8.75. The van der Waals surface area contributed by atoms with Gasteiger partial charge in [0, 0.05) is 23.2 Å². The number of rotatable bonds is 5. The Morgan fingerprint density at radius 1 is 1.44 bits per heavy atom. The van der Waals surface area contributed by atoms with Crippen LogP contribution >= 0.6 is 11.8 Å². The van der Waals surface area contributed by atoms with Gasteiger partial charge in [0.1, 0.15) is 0 Å². The number of carbonyl (C=O) groups excluding carboxylic acids is 1. The lowest BCUT2D eigenvalue weighted by Gasteiger charge is -2.05. The second kappa shape index (κ2) is 6.26. The lowest BCUT2D eigenvalue weighted by Crippen LogP contribution is -2.24. The van der Waals surface area contributed by atoms with Crippen molar-refractivity contribution in [1.29, 1.82) is 0 Å². The fourth-order valence-corrected chi connectivity index (χ4v) is 2.35. The summed E-state index contributed by atoms with van der Waals surface area (Å²) in [6.07, 6.45) is 3.48. The number of nitrogens with one attached hydrogen (secondary N) is 2. The highest BCUT2D eigenvalue weighted by Gasteiger charge is 2.04. The summed E-state index contributed by atoms with van der Waals surface area (Å²) in [7, 11) is 0. The predicted octanol–water partition coefficient (Wildman–Crippen LogP) is 2.13. The van der Waals surface area contributed by atoms with Crippen molar-refractivity contribution in [1.82, 2.24) is 15.5 Å². The number of hydrogen-bond donors (Lipinski definition) is 2. The van der Waals surface area contributed by atoms with Gasteiger partial charge in [-0.2, -0.15) is 5.10 Å². The van der Waals surface area contributed by atoms with E-state index in [1.54, 1.807) is 24.2 Å². The number of hydrogen-bond acceptors (Lipinski definition) is 3. The van der Waals surface area contributed by atoms with Gasteiger partial charge in [-0.1, -0.05) is 18.2 Å². The Balaban J connectivity index is 1.77. The Hall–Kier alpha value is -1.75. The van der Waals surface area contributed by atoms with E-state index in [2.05, 4.69) is 15.5 Å². The Kier molecular flexibility index (Phi) is 4.41. The number of nitrogens with zero attached hydrogens (tertiary/aromatic N) is 1. The molecule has 0 bridgehead atoms. The first-order valence-electron chi connectivity index (χ1n) is 5.68. The summed E-state index contributed by atoms with van der Waals surface area (Å²) < 4.78 is 0. The molecular formula is C13H15N3OS. The number of H-pyrrole nitrogens is 1. The Bertz CT molecular complexity index is 511. The van der Waals surface area contributed by atoms with Crippen molar-refractivity contribution in [2.24, 2.45) is 0 Å². The monoisotopic (exact) mass is 261 g/mol. The van der Waals surface area contributed by atoms with Crippen LogP contribution in [0.25, 0.3) is 0 Å². The number of carbonyl (C=O) groups is 1. The first kappa shape index (κ1) is 12.7. The van der Waals surface area contributed by atoms with Gasteiger partial charge < -0.3 is 5.32 Å². The van der Waals surface area contributed by atoms with Gasteiger partial charge in [0.25, 0.3) is 0 Å². The molecule has 4 nitrogen and oxygen atoms in total. The maximum Gasteiger partial charge on any atom is 0.230 e. The van der Waals surface area contributed by atoms with E-state index in [4.69, 9.17) is 0 Å². The average Bonchev–Trinajstić information content (AvgIpc) is 2.88. The normalized spacial score (nSPS) is 10.3. The van der Waals surface area contributed by atoms with Gasteiger partial charge in [-0.25, -0.2) is 0 Å². The molecule has 0 atom stereocenters. The summed E-state index contributed by atoms with van der Waals surface area (Å²) in [6, 6.07) is 8.06. The van der Waals surface area contributed by atoms with E-state index >= 15 is 0 Å². The van der Waals surface area contributed by atoms with Crippen LogP contribution in [0.1, 0.15) is 11.1 Å². The summed E-state index contributed by atoms with van der Waals surface area (Å²) in [6.45, 7) is 2.56. The largest absolute Gasteiger partial charge is 0.351 e. The Morgan fingerprint density at radius 2 is 2.28 bits per heavy atom. The molecule has 2 aromatic rings. The fourth-order valence-electron chi connectivity index (χ4n) is 1.49. The molecule has 0 saturated carbocycles. The van der Waals surface area contributed by atoms with Crippen LogP contribution in [0.5, 0.6) is 0 Å². The highest BCUT2D eigenvalue weighted by molar-refractivity contribution is 8.00. The van der Waals surface area contributed by atoms with Crippen LogP contribution in [0, 0.1) is 6.92 Å². The zero-order valence-electron chi connectivity index (χ0n) is 10.1. The molecule has 94 valence electrons. The minimum absolute atomic E-state index is 0.0319. The molecule has 0 fully saturated rings. The van der Waals surface area contributed by atoms with E-state index in [1.807, 2.05) is 31.2 Å². The summed E-state index contributed by atoms with van der Waals surface area (Å²) in [5.41, 5.74) is 2.18. The second-order valence-corrected chi connectivity index (χ2v) is 4.95. The molecule has 18 heavy (non-hydrogen) atoms. The number of aryl methyl sites for hydroxylation is 1. The molecule has 0 spiro atoms. The van der Waals surface area contributed by atoms with Gasteiger partial charge >= 0.3 is 0 Å². The van der Waals surface area contributed by atoms with Crippen LogP contribution in [-0.2, 0) is 11.3 Å². The van der Waals surface area contributed by atoms with Crippen LogP contribution in [0.2, 0.25) is 0 Å². The number of amides is 1. The van der Waals surface area contributed by atoms with Crippen molar-refractivity contribution in [2.45, 2.75) is 18.4 Å². The number of aromatic amines is 1. The van der Waals surface area contributed by atoms with Crippen LogP contribution in [-0.4, -0.2) is 21.9 Å². The Labute approximate surface area is 110 Å². The van der Waals surface area contributed by atoms with E-state index in [1.165, 1.54) is 5.56 Å². The lowest BCUT2D eigenvalue weighted by atomic mass is 10.2. The van der Waals surface area contributed by atoms with E-state index < -0.39 is 0 Å².